The number of ether oxygens (including phenoxy) is 1. The molecular formula is C15H12ClF3N6O2. The SMILES string of the molecule is O=C(CCNc1nc(Cl)nc2nc[nH]c12)Nc1ccc(OC(F)(F)F)cc1. The third-order valence-corrected chi connectivity index (χ3v) is 3.44. The van der Waals surface area contributed by atoms with E-state index >= 15 is 0 Å². The van der Waals surface area contributed by atoms with Gasteiger partial charge in [-0.3, -0.25) is 4.79 Å². The second kappa shape index (κ2) is 7.66. The third kappa shape index (κ3) is 5.20. The molecule has 0 bridgehead atoms. The summed E-state index contributed by atoms with van der Waals surface area (Å²) < 4.78 is 40.1. The first-order chi connectivity index (χ1) is 12.8. The number of amides is 1. The molecule has 0 aliphatic heterocycles. The third-order valence-electron chi connectivity index (χ3n) is 3.27. The fraction of sp³-hybridized carbons (Fsp3) is 0.200. The van der Waals surface area contributed by atoms with Crippen LogP contribution in [-0.2, 0) is 4.79 Å². The molecule has 142 valence electrons. The molecule has 0 saturated carbocycles. The number of halogens is 4. The molecule has 0 unspecified atom stereocenters. The minimum Gasteiger partial charge on any atom is -0.406 e. The highest BCUT2D eigenvalue weighted by Gasteiger charge is 2.30. The summed E-state index contributed by atoms with van der Waals surface area (Å²) in [5.41, 5.74) is 1.29. The van der Waals surface area contributed by atoms with Crippen LogP contribution in [-0.4, -0.2) is 38.8 Å². The Morgan fingerprint density at radius 2 is 1.96 bits per heavy atom. The molecule has 0 saturated heterocycles. The van der Waals surface area contributed by atoms with Gasteiger partial charge in [0.1, 0.15) is 11.3 Å². The van der Waals surface area contributed by atoms with Crippen molar-refractivity contribution >= 4 is 40.2 Å². The minimum atomic E-state index is -4.76. The number of benzene rings is 1. The fourth-order valence-corrected chi connectivity index (χ4v) is 2.36. The van der Waals surface area contributed by atoms with E-state index in [9.17, 15) is 18.0 Å². The largest absolute Gasteiger partial charge is 0.573 e. The lowest BCUT2D eigenvalue weighted by atomic mass is 10.3. The number of aromatic amines is 1. The molecule has 0 aliphatic rings. The number of hydrogen-bond donors (Lipinski definition) is 3. The van der Waals surface area contributed by atoms with E-state index in [-0.39, 0.29) is 29.9 Å². The van der Waals surface area contributed by atoms with Crippen LogP contribution in [0.5, 0.6) is 5.75 Å². The normalized spacial score (nSPS) is 11.4. The monoisotopic (exact) mass is 400 g/mol. The number of alkyl halides is 3. The summed E-state index contributed by atoms with van der Waals surface area (Å²) in [5.74, 6) is -0.302. The molecule has 0 aliphatic carbocycles. The molecule has 1 amide bonds. The highest BCUT2D eigenvalue weighted by atomic mass is 35.5. The Morgan fingerprint density at radius 1 is 1.22 bits per heavy atom. The average molecular weight is 401 g/mol. The smallest absolute Gasteiger partial charge is 0.406 e. The van der Waals surface area contributed by atoms with Crippen molar-refractivity contribution in [2.45, 2.75) is 12.8 Å². The van der Waals surface area contributed by atoms with Crippen molar-refractivity contribution in [3.05, 3.63) is 35.9 Å². The summed E-state index contributed by atoms with van der Waals surface area (Å²) in [6.07, 6.45) is -3.24. The molecule has 2 heterocycles. The van der Waals surface area contributed by atoms with Gasteiger partial charge in [0.2, 0.25) is 11.2 Å². The maximum atomic E-state index is 12.1. The number of nitrogens with zero attached hydrogens (tertiary/aromatic N) is 3. The van der Waals surface area contributed by atoms with Crippen LogP contribution in [0, 0.1) is 0 Å². The number of hydrogen-bond acceptors (Lipinski definition) is 6. The molecule has 1 aromatic carbocycles. The van der Waals surface area contributed by atoms with Gasteiger partial charge in [-0.2, -0.15) is 9.97 Å². The fourth-order valence-electron chi connectivity index (χ4n) is 2.19. The predicted octanol–water partition coefficient (Wildman–Crippen LogP) is 3.35. The van der Waals surface area contributed by atoms with E-state index in [1.165, 1.54) is 18.5 Å². The van der Waals surface area contributed by atoms with Crippen LogP contribution < -0.4 is 15.4 Å². The van der Waals surface area contributed by atoms with Crippen LogP contribution >= 0.6 is 11.6 Å². The van der Waals surface area contributed by atoms with E-state index in [4.69, 9.17) is 11.6 Å². The summed E-state index contributed by atoms with van der Waals surface area (Å²) in [7, 11) is 0. The van der Waals surface area contributed by atoms with E-state index in [1.807, 2.05) is 0 Å². The Balaban J connectivity index is 1.51. The van der Waals surface area contributed by atoms with Gasteiger partial charge in [-0.1, -0.05) is 0 Å². The lowest BCUT2D eigenvalue weighted by Crippen LogP contribution is -2.18. The molecule has 27 heavy (non-hydrogen) atoms. The number of carbonyl (C=O) groups is 1. The molecule has 12 heteroatoms. The standard InChI is InChI=1S/C15H12ClF3N6O2/c16-14-24-12(11-13(25-14)22-7-21-11)20-6-5-10(26)23-8-1-3-9(4-2-8)27-15(17,18)19/h1-4,7H,5-6H2,(H,23,26)(H2,20,21,22,24,25). The molecule has 3 aromatic rings. The molecule has 0 atom stereocenters. The van der Waals surface area contributed by atoms with Gasteiger partial charge in [0.05, 0.1) is 6.33 Å². The highest BCUT2D eigenvalue weighted by Crippen LogP contribution is 2.24. The number of imidazole rings is 1. The van der Waals surface area contributed by atoms with Crippen molar-refractivity contribution in [3.8, 4) is 5.75 Å². The number of rotatable bonds is 6. The lowest BCUT2D eigenvalue weighted by molar-refractivity contribution is -0.274. The van der Waals surface area contributed by atoms with E-state index in [0.717, 1.165) is 12.1 Å². The van der Waals surface area contributed by atoms with Crippen molar-refractivity contribution in [3.63, 3.8) is 0 Å². The van der Waals surface area contributed by atoms with Crippen LogP contribution in [0.15, 0.2) is 30.6 Å². The van der Waals surface area contributed by atoms with Crippen molar-refractivity contribution in [2.75, 3.05) is 17.2 Å². The minimum absolute atomic E-state index is 0.0164. The Morgan fingerprint density at radius 3 is 2.67 bits per heavy atom. The maximum absolute atomic E-state index is 12.1. The highest BCUT2D eigenvalue weighted by molar-refractivity contribution is 6.28. The van der Waals surface area contributed by atoms with Gasteiger partial charge < -0.3 is 20.4 Å². The van der Waals surface area contributed by atoms with Crippen LogP contribution in [0.2, 0.25) is 5.28 Å². The van der Waals surface area contributed by atoms with Gasteiger partial charge >= 0.3 is 6.36 Å². The number of H-pyrrole nitrogens is 1. The van der Waals surface area contributed by atoms with E-state index in [0.29, 0.717) is 22.7 Å². The molecule has 8 nitrogen and oxygen atoms in total. The Hall–Kier alpha value is -3.08. The summed E-state index contributed by atoms with van der Waals surface area (Å²) >= 11 is 5.81. The van der Waals surface area contributed by atoms with Crippen LogP contribution in [0.25, 0.3) is 11.2 Å². The molecule has 0 radical (unpaired) electrons. The first-order valence-electron chi connectivity index (χ1n) is 7.56. The zero-order valence-corrected chi connectivity index (χ0v) is 14.2. The van der Waals surface area contributed by atoms with E-state index in [1.54, 1.807) is 0 Å². The van der Waals surface area contributed by atoms with Gasteiger partial charge in [-0.05, 0) is 35.9 Å². The Labute approximate surface area is 155 Å². The van der Waals surface area contributed by atoms with Crippen molar-refractivity contribution in [1.29, 1.82) is 0 Å². The first kappa shape index (κ1) is 18.7. The number of fused-ring (bicyclic) bond motifs is 1. The van der Waals surface area contributed by atoms with Gasteiger partial charge in [0.25, 0.3) is 0 Å². The van der Waals surface area contributed by atoms with Crippen LogP contribution in [0.1, 0.15) is 6.42 Å². The predicted molar refractivity (Wildman–Crippen MR) is 91.6 cm³/mol. The Kier molecular flexibility index (Phi) is 5.31. The van der Waals surface area contributed by atoms with Crippen molar-refractivity contribution < 1.29 is 22.7 Å². The van der Waals surface area contributed by atoms with E-state index in [2.05, 4.69) is 35.3 Å². The number of nitrogens with one attached hydrogen (secondary N) is 3. The van der Waals surface area contributed by atoms with Crippen LogP contribution in [0.3, 0.4) is 0 Å². The Bertz CT molecular complexity index is 945. The first-order valence-corrected chi connectivity index (χ1v) is 7.94. The topological polar surface area (TPSA) is 105 Å². The van der Waals surface area contributed by atoms with Gasteiger partial charge in [0, 0.05) is 18.7 Å². The number of carbonyl (C=O) groups excluding carboxylic acids is 1. The second-order valence-corrected chi connectivity index (χ2v) is 5.58. The average Bonchev–Trinajstić information content (AvgIpc) is 3.03. The molecular weight excluding hydrogens is 389 g/mol. The van der Waals surface area contributed by atoms with Gasteiger partial charge in [-0.25, -0.2) is 4.98 Å². The summed E-state index contributed by atoms with van der Waals surface area (Å²) in [5, 5.41) is 5.54. The number of aromatic nitrogens is 4. The zero-order chi connectivity index (χ0) is 19.4. The summed E-state index contributed by atoms with van der Waals surface area (Å²) in [6.45, 7) is 0.239. The molecule has 3 rings (SSSR count). The van der Waals surface area contributed by atoms with Gasteiger partial charge in [-0.15, -0.1) is 13.2 Å². The molecule has 0 spiro atoms. The van der Waals surface area contributed by atoms with E-state index < -0.39 is 6.36 Å². The van der Waals surface area contributed by atoms with Gasteiger partial charge in [0.15, 0.2) is 11.5 Å². The second-order valence-electron chi connectivity index (χ2n) is 5.24. The quantitative estimate of drug-likeness (QED) is 0.548. The molecule has 0 fully saturated rings. The summed E-state index contributed by atoms with van der Waals surface area (Å²) in [4.78, 5) is 26.8. The molecule has 2 aromatic heterocycles. The number of anilines is 2. The maximum Gasteiger partial charge on any atom is 0.573 e. The molecule has 3 N–H and O–H groups in total. The van der Waals surface area contributed by atoms with Crippen molar-refractivity contribution in [2.24, 2.45) is 0 Å². The van der Waals surface area contributed by atoms with Crippen LogP contribution in [0.4, 0.5) is 24.7 Å². The zero-order valence-electron chi connectivity index (χ0n) is 13.5. The van der Waals surface area contributed by atoms with Crippen molar-refractivity contribution in [1.82, 2.24) is 19.9 Å². The lowest BCUT2D eigenvalue weighted by Gasteiger charge is -2.10. The summed E-state index contributed by atoms with van der Waals surface area (Å²) in [6, 6.07) is 4.84.